The molecule has 25 heavy (non-hydrogen) atoms. The van der Waals surface area contributed by atoms with Crippen LogP contribution in [0.2, 0.25) is 0 Å². The number of rotatable bonds is 3. The molecular formula is C17H17N3O4S. The molecule has 7 nitrogen and oxygen atoms in total. The van der Waals surface area contributed by atoms with Crippen molar-refractivity contribution in [2.75, 3.05) is 0 Å². The topological polar surface area (TPSA) is 98.2 Å². The van der Waals surface area contributed by atoms with Crippen LogP contribution in [0.3, 0.4) is 0 Å². The van der Waals surface area contributed by atoms with Gasteiger partial charge < -0.3 is 9.63 Å². The highest BCUT2D eigenvalue weighted by atomic mass is 32.1. The number of carboxylic acid groups (broad SMARTS) is 1. The summed E-state index contributed by atoms with van der Waals surface area (Å²) < 4.78 is 6.76. The third-order valence-corrected chi connectivity index (χ3v) is 6.08. The Hall–Kier alpha value is -2.48. The quantitative estimate of drug-likeness (QED) is 0.772. The highest BCUT2D eigenvalue weighted by Gasteiger charge is 2.34. The number of fused-ring (bicyclic) bond motifs is 3. The first kappa shape index (κ1) is 16.0. The van der Waals surface area contributed by atoms with Crippen LogP contribution in [0.15, 0.2) is 9.32 Å². The monoisotopic (exact) mass is 359 g/mol. The molecule has 0 spiro atoms. The maximum atomic E-state index is 13.2. The van der Waals surface area contributed by atoms with E-state index in [0.29, 0.717) is 46.8 Å². The smallest absolute Gasteiger partial charge is 0.311 e. The van der Waals surface area contributed by atoms with Crippen molar-refractivity contribution in [2.24, 2.45) is 0 Å². The third kappa shape index (κ3) is 2.31. The molecule has 0 fully saturated rings. The van der Waals surface area contributed by atoms with Gasteiger partial charge in [0.2, 0.25) is 0 Å². The van der Waals surface area contributed by atoms with Crippen molar-refractivity contribution in [3.63, 3.8) is 0 Å². The third-order valence-electron chi connectivity index (χ3n) is 4.92. The lowest BCUT2D eigenvalue weighted by molar-refractivity contribution is -0.138. The van der Waals surface area contributed by atoms with Crippen LogP contribution in [-0.2, 0) is 17.8 Å². The van der Waals surface area contributed by atoms with Crippen molar-refractivity contribution in [1.82, 2.24) is 14.7 Å². The van der Waals surface area contributed by atoms with E-state index in [4.69, 9.17) is 4.52 Å². The summed E-state index contributed by atoms with van der Waals surface area (Å²) in [4.78, 5) is 30.9. The van der Waals surface area contributed by atoms with E-state index in [1.165, 1.54) is 11.3 Å². The summed E-state index contributed by atoms with van der Waals surface area (Å²) in [6.07, 6.45) is 1.24. The van der Waals surface area contributed by atoms with Crippen molar-refractivity contribution in [3.8, 4) is 0 Å². The first-order valence-electron chi connectivity index (χ1n) is 8.05. The van der Waals surface area contributed by atoms with Crippen LogP contribution < -0.4 is 5.56 Å². The highest BCUT2D eigenvalue weighted by molar-refractivity contribution is 7.18. The largest absolute Gasteiger partial charge is 0.481 e. The summed E-state index contributed by atoms with van der Waals surface area (Å²) >= 11 is 1.44. The zero-order valence-corrected chi connectivity index (χ0v) is 14.9. The Kier molecular flexibility index (Phi) is 3.54. The average molecular weight is 359 g/mol. The van der Waals surface area contributed by atoms with Crippen LogP contribution in [0, 0.1) is 20.8 Å². The molecule has 1 unspecified atom stereocenters. The summed E-state index contributed by atoms with van der Waals surface area (Å²) in [5.41, 5.74) is 2.07. The van der Waals surface area contributed by atoms with Gasteiger partial charge in [0.05, 0.1) is 23.5 Å². The summed E-state index contributed by atoms with van der Waals surface area (Å²) in [6.45, 7) is 5.75. The van der Waals surface area contributed by atoms with Gasteiger partial charge >= 0.3 is 5.97 Å². The normalized spacial score (nSPS) is 16.5. The maximum Gasteiger partial charge on any atom is 0.311 e. The Morgan fingerprint density at radius 3 is 2.80 bits per heavy atom. The van der Waals surface area contributed by atoms with E-state index in [2.05, 4.69) is 10.1 Å². The minimum atomic E-state index is -0.879. The molecule has 1 aliphatic rings. The molecule has 3 aromatic heterocycles. The van der Waals surface area contributed by atoms with Gasteiger partial charge in [-0.15, -0.1) is 11.3 Å². The van der Waals surface area contributed by atoms with Gasteiger partial charge in [0.1, 0.15) is 16.4 Å². The van der Waals surface area contributed by atoms with E-state index < -0.39 is 11.9 Å². The number of nitrogens with zero attached hydrogens (tertiary/aromatic N) is 3. The summed E-state index contributed by atoms with van der Waals surface area (Å²) in [5.74, 6) is -0.226. The van der Waals surface area contributed by atoms with Gasteiger partial charge in [-0.25, -0.2) is 4.98 Å². The fourth-order valence-corrected chi connectivity index (χ4v) is 4.83. The lowest BCUT2D eigenvalue weighted by Crippen LogP contribution is -2.25. The number of aliphatic carboxylic acids is 1. The number of aryl methyl sites for hydroxylation is 4. The highest BCUT2D eigenvalue weighted by Crippen LogP contribution is 2.42. The summed E-state index contributed by atoms with van der Waals surface area (Å²) in [6, 6.07) is 0. The number of carbonyl (C=O) groups is 1. The molecule has 1 atom stereocenters. The van der Waals surface area contributed by atoms with E-state index in [1.54, 1.807) is 11.5 Å². The second-order valence-electron chi connectivity index (χ2n) is 6.40. The zero-order valence-electron chi connectivity index (χ0n) is 14.1. The zero-order chi connectivity index (χ0) is 17.9. The van der Waals surface area contributed by atoms with Crippen LogP contribution in [0.25, 0.3) is 10.2 Å². The van der Waals surface area contributed by atoms with E-state index in [0.717, 1.165) is 16.1 Å². The molecule has 0 radical (unpaired) electrons. The Balaban J connectivity index is 1.94. The number of carboxylic acids is 1. The van der Waals surface area contributed by atoms with Gasteiger partial charge in [-0.2, -0.15) is 0 Å². The fraction of sp³-hybridized carbons (Fsp3) is 0.412. The Morgan fingerprint density at radius 2 is 2.16 bits per heavy atom. The van der Waals surface area contributed by atoms with Crippen LogP contribution in [0.5, 0.6) is 0 Å². The summed E-state index contributed by atoms with van der Waals surface area (Å²) in [7, 11) is 0. The first-order valence-corrected chi connectivity index (χ1v) is 8.87. The number of hydrogen-bond acceptors (Lipinski definition) is 6. The van der Waals surface area contributed by atoms with Crippen LogP contribution in [0.4, 0.5) is 0 Å². The van der Waals surface area contributed by atoms with Gasteiger partial charge in [0, 0.05) is 10.4 Å². The maximum absolute atomic E-state index is 13.2. The van der Waals surface area contributed by atoms with Gasteiger partial charge in [-0.3, -0.25) is 14.2 Å². The molecule has 1 N–H and O–H groups in total. The molecule has 3 aromatic rings. The number of hydrogen-bond donors (Lipinski definition) is 1. The van der Waals surface area contributed by atoms with E-state index in [-0.39, 0.29) is 5.56 Å². The molecule has 0 amide bonds. The van der Waals surface area contributed by atoms with Gasteiger partial charge in [0.25, 0.3) is 5.56 Å². The number of aromatic nitrogens is 3. The van der Waals surface area contributed by atoms with E-state index >= 15 is 0 Å². The SMILES string of the molecule is Cc1noc(C)c1Cn1c(C)nc2sc3c(c2c1=O)C(C(=O)O)CC3. The molecular weight excluding hydrogens is 342 g/mol. The summed E-state index contributed by atoms with van der Waals surface area (Å²) in [5, 5.41) is 13.9. The lowest BCUT2D eigenvalue weighted by atomic mass is 10.0. The first-order chi connectivity index (χ1) is 11.9. The van der Waals surface area contributed by atoms with Crippen molar-refractivity contribution in [1.29, 1.82) is 0 Å². The molecule has 3 heterocycles. The Bertz CT molecular complexity index is 1060. The Labute approximate surface area is 146 Å². The van der Waals surface area contributed by atoms with Crippen molar-refractivity contribution < 1.29 is 14.4 Å². The predicted octanol–water partition coefficient (Wildman–Crippen LogP) is 2.53. The van der Waals surface area contributed by atoms with Crippen molar-refractivity contribution >= 4 is 27.5 Å². The second-order valence-corrected chi connectivity index (χ2v) is 7.49. The lowest BCUT2D eigenvalue weighted by Gasteiger charge is -2.11. The molecule has 1 aliphatic carbocycles. The minimum absolute atomic E-state index is 0.187. The molecule has 0 aliphatic heterocycles. The molecule has 0 saturated heterocycles. The molecule has 0 aromatic carbocycles. The van der Waals surface area contributed by atoms with E-state index in [9.17, 15) is 14.7 Å². The molecule has 0 saturated carbocycles. The van der Waals surface area contributed by atoms with E-state index in [1.807, 2.05) is 13.8 Å². The Morgan fingerprint density at radius 1 is 1.40 bits per heavy atom. The van der Waals surface area contributed by atoms with Gasteiger partial charge in [-0.1, -0.05) is 5.16 Å². The van der Waals surface area contributed by atoms with Crippen molar-refractivity contribution in [3.05, 3.63) is 43.6 Å². The van der Waals surface area contributed by atoms with Crippen LogP contribution >= 0.6 is 11.3 Å². The number of thiophene rings is 1. The standard InChI is InChI=1S/C17H17N3O4S/c1-7-11(8(2)24-19-7)6-20-9(3)18-15-14(16(20)21)13-10(17(22)23)4-5-12(13)25-15/h10H,4-6H2,1-3H3,(H,22,23). The predicted molar refractivity (Wildman–Crippen MR) is 92.4 cm³/mol. The van der Waals surface area contributed by atoms with Gasteiger partial charge in [-0.05, 0) is 39.2 Å². The van der Waals surface area contributed by atoms with Crippen molar-refractivity contribution in [2.45, 2.75) is 46.1 Å². The fourth-order valence-electron chi connectivity index (χ4n) is 3.54. The molecule has 0 bridgehead atoms. The molecule has 4 rings (SSSR count). The second kappa shape index (κ2) is 5.52. The average Bonchev–Trinajstić information content (AvgIpc) is 3.18. The van der Waals surface area contributed by atoms with Crippen LogP contribution in [0.1, 0.15) is 45.6 Å². The van der Waals surface area contributed by atoms with Crippen LogP contribution in [-0.4, -0.2) is 25.8 Å². The molecule has 8 heteroatoms. The minimum Gasteiger partial charge on any atom is -0.481 e. The molecule has 130 valence electrons. The van der Waals surface area contributed by atoms with Gasteiger partial charge in [0.15, 0.2) is 0 Å².